The normalized spacial score (nSPS) is 15.3. The van der Waals surface area contributed by atoms with Crippen molar-refractivity contribution in [2.24, 2.45) is 5.92 Å². The molecule has 0 aromatic heterocycles. The number of hydrogen-bond donors (Lipinski definition) is 0. The summed E-state index contributed by atoms with van der Waals surface area (Å²) in [5.41, 5.74) is 2.00. The number of rotatable bonds is 8. The molecule has 5 nitrogen and oxygen atoms in total. The summed E-state index contributed by atoms with van der Waals surface area (Å²) in [6.45, 7) is 1.91. The fraction of sp³-hybridized carbons (Fsp3) is 0.435. The molecule has 1 aliphatic heterocycles. The lowest BCUT2D eigenvalue weighted by Gasteiger charge is -2.32. The third-order valence-electron chi connectivity index (χ3n) is 5.53. The maximum absolute atomic E-state index is 12.6. The van der Waals surface area contributed by atoms with E-state index in [0.717, 1.165) is 32.4 Å². The molecule has 1 heterocycles. The third-order valence-corrected chi connectivity index (χ3v) is 6.72. The van der Waals surface area contributed by atoms with Gasteiger partial charge in [-0.1, -0.05) is 48.5 Å². The van der Waals surface area contributed by atoms with Crippen LogP contribution in [-0.2, 0) is 21.2 Å². The van der Waals surface area contributed by atoms with Gasteiger partial charge >= 0.3 is 0 Å². The Hall–Kier alpha value is -2.34. The number of amides is 1. The molecule has 1 saturated heterocycles. The molecule has 6 heteroatoms. The number of anilines is 1. The first-order valence-electron chi connectivity index (χ1n) is 10.3. The van der Waals surface area contributed by atoms with Crippen LogP contribution >= 0.6 is 0 Å². The lowest BCUT2D eigenvalue weighted by Crippen LogP contribution is -2.39. The predicted molar refractivity (Wildman–Crippen MR) is 117 cm³/mol. The van der Waals surface area contributed by atoms with Crippen LogP contribution in [0.2, 0.25) is 0 Å². The second-order valence-electron chi connectivity index (χ2n) is 7.79. The summed E-state index contributed by atoms with van der Waals surface area (Å²) in [5.74, 6) is 0.755. The van der Waals surface area contributed by atoms with E-state index in [1.165, 1.54) is 16.1 Å². The molecule has 0 saturated carbocycles. The summed E-state index contributed by atoms with van der Waals surface area (Å²) in [6, 6.07) is 19.6. The van der Waals surface area contributed by atoms with Gasteiger partial charge in [0.15, 0.2) is 0 Å². The summed E-state index contributed by atoms with van der Waals surface area (Å²) >= 11 is 0. The Morgan fingerprint density at radius 1 is 1.00 bits per heavy atom. The Morgan fingerprint density at radius 3 is 2.17 bits per heavy atom. The molecular formula is C23H30N2O3S. The van der Waals surface area contributed by atoms with Gasteiger partial charge in [0.25, 0.3) is 0 Å². The second kappa shape index (κ2) is 9.92. The van der Waals surface area contributed by atoms with Crippen molar-refractivity contribution in [3.8, 4) is 0 Å². The van der Waals surface area contributed by atoms with Crippen molar-refractivity contribution >= 4 is 21.6 Å². The van der Waals surface area contributed by atoms with Gasteiger partial charge < -0.3 is 4.90 Å². The molecule has 1 fully saturated rings. The van der Waals surface area contributed by atoms with E-state index in [1.807, 2.05) is 29.2 Å². The van der Waals surface area contributed by atoms with Gasteiger partial charge in [-0.2, -0.15) is 0 Å². The van der Waals surface area contributed by atoms with E-state index in [4.69, 9.17) is 0 Å². The van der Waals surface area contributed by atoms with Crippen molar-refractivity contribution in [1.29, 1.82) is 0 Å². The first-order chi connectivity index (χ1) is 13.9. The van der Waals surface area contributed by atoms with Crippen LogP contribution in [-0.4, -0.2) is 45.1 Å². The summed E-state index contributed by atoms with van der Waals surface area (Å²) in [5, 5.41) is 0. The van der Waals surface area contributed by atoms with Crippen LogP contribution < -0.4 is 4.31 Å². The first-order valence-corrected chi connectivity index (χ1v) is 12.1. The van der Waals surface area contributed by atoms with Crippen LogP contribution in [0.15, 0.2) is 60.7 Å². The molecule has 0 bridgehead atoms. The summed E-state index contributed by atoms with van der Waals surface area (Å²) < 4.78 is 25.6. The lowest BCUT2D eigenvalue weighted by molar-refractivity contribution is -0.132. The molecule has 3 rings (SSSR count). The van der Waals surface area contributed by atoms with Crippen molar-refractivity contribution in [2.45, 2.75) is 32.1 Å². The number of hydrogen-bond acceptors (Lipinski definition) is 3. The molecular weight excluding hydrogens is 384 g/mol. The van der Waals surface area contributed by atoms with E-state index >= 15 is 0 Å². The molecule has 29 heavy (non-hydrogen) atoms. The molecule has 0 N–H and O–H groups in total. The number of piperidine rings is 1. The maximum Gasteiger partial charge on any atom is 0.232 e. The van der Waals surface area contributed by atoms with E-state index in [0.29, 0.717) is 31.0 Å². The van der Waals surface area contributed by atoms with Gasteiger partial charge in [-0.05, 0) is 49.3 Å². The first kappa shape index (κ1) is 21.4. The highest BCUT2D eigenvalue weighted by molar-refractivity contribution is 7.92. The van der Waals surface area contributed by atoms with Crippen molar-refractivity contribution in [3.63, 3.8) is 0 Å². The van der Waals surface area contributed by atoms with Crippen molar-refractivity contribution < 1.29 is 13.2 Å². The van der Waals surface area contributed by atoms with E-state index < -0.39 is 10.0 Å². The van der Waals surface area contributed by atoms with E-state index in [2.05, 4.69) is 24.3 Å². The van der Waals surface area contributed by atoms with Crippen LogP contribution in [0.25, 0.3) is 0 Å². The summed E-state index contributed by atoms with van der Waals surface area (Å²) in [4.78, 5) is 14.5. The van der Waals surface area contributed by atoms with Gasteiger partial charge in [0, 0.05) is 26.1 Å². The molecule has 156 valence electrons. The Labute approximate surface area is 174 Å². The molecule has 2 aromatic rings. The van der Waals surface area contributed by atoms with Gasteiger partial charge in [0.2, 0.25) is 15.9 Å². The second-order valence-corrected chi connectivity index (χ2v) is 9.69. The van der Waals surface area contributed by atoms with Crippen molar-refractivity contribution in [2.75, 3.05) is 30.2 Å². The molecule has 1 amide bonds. The molecule has 0 radical (unpaired) electrons. The highest BCUT2D eigenvalue weighted by atomic mass is 32.2. The smallest absolute Gasteiger partial charge is 0.232 e. The summed E-state index contributed by atoms with van der Waals surface area (Å²) in [6.07, 6.45) is 5.23. The van der Waals surface area contributed by atoms with Gasteiger partial charge in [-0.15, -0.1) is 0 Å². The largest absolute Gasteiger partial charge is 0.343 e. The molecule has 0 spiro atoms. The van der Waals surface area contributed by atoms with Gasteiger partial charge in [0.1, 0.15) is 0 Å². The van der Waals surface area contributed by atoms with E-state index in [9.17, 15) is 13.2 Å². The van der Waals surface area contributed by atoms with Crippen molar-refractivity contribution in [3.05, 3.63) is 66.2 Å². The SMILES string of the molecule is CS(=O)(=O)N(CCCC(=O)N1CCC(Cc2ccccc2)CC1)c1ccccc1. The van der Waals surface area contributed by atoms with Crippen LogP contribution in [0.5, 0.6) is 0 Å². The molecule has 0 atom stereocenters. The third kappa shape index (κ3) is 6.32. The van der Waals surface area contributed by atoms with E-state index in [-0.39, 0.29) is 5.91 Å². The maximum atomic E-state index is 12.6. The quantitative estimate of drug-likeness (QED) is 0.662. The van der Waals surface area contributed by atoms with Crippen LogP contribution in [0.3, 0.4) is 0 Å². The Morgan fingerprint density at radius 2 is 1.59 bits per heavy atom. The van der Waals surface area contributed by atoms with Crippen LogP contribution in [0, 0.1) is 5.92 Å². The predicted octanol–water partition coefficient (Wildman–Crippen LogP) is 3.71. The number of para-hydroxylation sites is 1. The highest BCUT2D eigenvalue weighted by Gasteiger charge is 2.23. The number of sulfonamides is 1. The number of carbonyl (C=O) groups excluding carboxylic acids is 1. The fourth-order valence-electron chi connectivity index (χ4n) is 3.95. The minimum atomic E-state index is -3.37. The standard InChI is InChI=1S/C23H30N2O3S/c1-29(27,28)25(22-11-6-3-7-12-22)16-8-13-23(26)24-17-14-21(15-18-24)19-20-9-4-2-5-10-20/h2-7,9-12,21H,8,13-19H2,1H3. The van der Waals surface area contributed by atoms with Crippen LogP contribution in [0.1, 0.15) is 31.2 Å². The van der Waals surface area contributed by atoms with Crippen molar-refractivity contribution in [1.82, 2.24) is 4.90 Å². The number of benzene rings is 2. The Balaban J connectivity index is 1.45. The van der Waals surface area contributed by atoms with Gasteiger partial charge in [-0.25, -0.2) is 8.42 Å². The molecule has 0 unspecified atom stereocenters. The van der Waals surface area contributed by atoms with Gasteiger partial charge in [-0.3, -0.25) is 9.10 Å². The molecule has 0 aliphatic carbocycles. The zero-order valence-corrected chi connectivity index (χ0v) is 17.9. The number of likely N-dealkylation sites (tertiary alicyclic amines) is 1. The molecule has 1 aliphatic rings. The van der Waals surface area contributed by atoms with Crippen LogP contribution in [0.4, 0.5) is 5.69 Å². The summed E-state index contributed by atoms with van der Waals surface area (Å²) in [7, 11) is -3.37. The highest BCUT2D eigenvalue weighted by Crippen LogP contribution is 2.23. The average molecular weight is 415 g/mol. The zero-order valence-electron chi connectivity index (χ0n) is 17.0. The minimum Gasteiger partial charge on any atom is -0.343 e. The van der Waals surface area contributed by atoms with E-state index in [1.54, 1.807) is 12.1 Å². The number of nitrogens with zero attached hydrogens (tertiary/aromatic N) is 2. The lowest BCUT2D eigenvalue weighted by atomic mass is 9.90. The average Bonchev–Trinajstić information content (AvgIpc) is 2.72. The fourth-order valence-corrected chi connectivity index (χ4v) is 4.91. The van der Waals surface area contributed by atoms with Gasteiger partial charge in [0.05, 0.1) is 11.9 Å². The topological polar surface area (TPSA) is 57.7 Å². The Kier molecular flexibility index (Phi) is 7.31. The Bertz CT molecular complexity index is 877. The zero-order chi connectivity index (χ0) is 20.7. The molecule has 2 aromatic carbocycles. The monoisotopic (exact) mass is 414 g/mol. The number of carbonyl (C=O) groups is 1. The minimum absolute atomic E-state index is 0.129.